The van der Waals surface area contributed by atoms with Crippen LogP contribution in [0, 0.1) is 0 Å². The molecule has 0 aliphatic rings. The molecule has 0 fully saturated rings. The molecule has 6 heteroatoms. The molecule has 0 amide bonds. The van der Waals surface area contributed by atoms with E-state index in [9.17, 15) is 8.42 Å². The van der Waals surface area contributed by atoms with Crippen LogP contribution in [0.4, 0.5) is 0 Å². The second-order valence-electron chi connectivity index (χ2n) is 5.32. The van der Waals surface area contributed by atoms with Gasteiger partial charge in [-0.15, -0.1) is 0 Å². The van der Waals surface area contributed by atoms with E-state index >= 15 is 0 Å². The minimum Gasteiger partial charge on any atom is -0.377 e. The molecule has 0 saturated heterocycles. The van der Waals surface area contributed by atoms with Crippen molar-refractivity contribution in [3.63, 3.8) is 0 Å². The van der Waals surface area contributed by atoms with Gasteiger partial charge in [0.2, 0.25) is 10.0 Å². The number of rotatable bonds is 8. The molecule has 0 bridgehead atoms. The van der Waals surface area contributed by atoms with Gasteiger partial charge in [-0.1, -0.05) is 12.1 Å². The van der Waals surface area contributed by atoms with Crippen LogP contribution in [0.3, 0.4) is 0 Å². The van der Waals surface area contributed by atoms with Gasteiger partial charge in [0.25, 0.3) is 0 Å². The molecule has 0 aliphatic heterocycles. The lowest BCUT2D eigenvalue weighted by Gasteiger charge is -2.23. The summed E-state index contributed by atoms with van der Waals surface area (Å²) in [5.41, 5.74) is 6.01. The largest absolute Gasteiger partial charge is 0.377 e. The van der Waals surface area contributed by atoms with E-state index in [-0.39, 0.29) is 11.4 Å². The van der Waals surface area contributed by atoms with Crippen LogP contribution in [-0.4, -0.2) is 34.2 Å². The van der Waals surface area contributed by atoms with Crippen LogP contribution in [0.5, 0.6) is 0 Å². The minimum absolute atomic E-state index is 0.223. The van der Waals surface area contributed by atoms with Gasteiger partial charge in [0.15, 0.2) is 0 Å². The number of methoxy groups -OCH3 is 1. The van der Waals surface area contributed by atoms with Crippen LogP contribution < -0.4 is 10.5 Å². The minimum atomic E-state index is -3.50. The molecule has 1 rings (SSSR count). The first-order chi connectivity index (χ1) is 9.30. The predicted molar refractivity (Wildman–Crippen MR) is 80.1 cm³/mol. The Balaban J connectivity index is 2.73. The third-order valence-electron chi connectivity index (χ3n) is 3.14. The van der Waals surface area contributed by atoms with Gasteiger partial charge in [-0.2, -0.15) is 0 Å². The van der Waals surface area contributed by atoms with Crippen molar-refractivity contribution in [3.8, 4) is 0 Å². The van der Waals surface area contributed by atoms with E-state index in [1.54, 1.807) is 19.2 Å². The lowest BCUT2D eigenvalue weighted by Crippen LogP contribution is -2.39. The molecular weight excluding hydrogens is 276 g/mol. The number of sulfonamides is 1. The van der Waals surface area contributed by atoms with Gasteiger partial charge in [0, 0.05) is 13.7 Å². The molecule has 0 radical (unpaired) electrons. The van der Waals surface area contributed by atoms with Crippen LogP contribution >= 0.6 is 0 Å². The number of benzene rings is 1. The highest BCUT2D eigenvalue weighted by Gasteiger charge is 2.21. The fourth-order valence-electron chi connectivity index (χ4n) is 1.57. The number of hydrogen-bond donors (Lipinski definition) is 2. The average molecular weight is 300 g/mol. The highest BCUT2D eigenvalue weighted by Crippen LogP contribution is 2.13. The van der Waals surface area contributed by atoms with Crippen molar-refractivity contribution in [2.45, 2.75) is 37.2 Å². The Kier molecular flexibility index (Phi) is 6.13. The maximum atomic E-state index is 12.1. The molecule has 0 saturated carbocycles. The number of nitrogens with two attached hydrogens (primary N) is 1. The lowest BCUT2D eigenvalue weighted by atomic mass is 10.1. The zero-order chi connectivity index (χ0) is 15.2. The summed E-state index contributed by atoms with van der Waals surface area (Å²) in [7, 11) is -1.94. The zero-order valence-corrected chi connectivity index (χ0v) is 13.2. The normalized spacial score (nSPS) is 12.6. The third kappa shape index (κ3) is 5.20. The Morgan fingerprint density at radius 3 is 2.35 bits per heavy atom. The quantitative estimate of drug-likeness (QED) is 0.758. The Labute approximate surface area is 121 Å². The molecule has 1 aromatic carbocycles. The standard InChI is InChI=1S/C14H24N2O3S/c1-14(2,19-3)11-16-20(17,18)13-8-6-12(7-9-13)5-4-10-15/h6-9,16H,4-5,10-11,15H2,1-3H3. The molecule has 0 heterocycles. The SMILES string of the molecule is COC(C)(C)CNS(=O)(=O)c1ccc(CCCN)cc1. The average Bonchev–Trinajstić information content (AvgIpc) is 2.44. The summed E-state index contributed by atoms with van der Waals surface area (Å²) in [4.78, 5) is 0.265. The Hall–Kier alpha value is -0.950. The highest BCUT2D eigenvalue weighted by molar-refractivity contribution is 7.89. The predicted octanol–water partition coefficient (Wildman–Crippen LogP) is 1.28. The van der Waals surface area contributed by atoms with E-state index in [1.807, 2.05) is 26.0 Å². The van der Waals surface area contributed by atoms with Crippen LogP contribution in [-0.2, 0) is 21.2 Å². The first-order valence-corrected chi connectivity index (χ1v) is 8.13. The van der Waals surface area contributed by atoms with Crippen molar-refractivity contribution >= 4 is 10.0 Å². The van der Waals surface area contributed by atoms with Gasteiger partial charge < -0.3 is 10.5 Å². The molecule has 114 valence electrons. The maximum Gasteiger partial charge on any atom is 0.240 e. The second kappa shape index (κ2) is 7.17. The van der Waals surface area contributed by atoms with Gasteiger partial charge in [-0.3, -0.25) is 0 Å². The topological polar surface area (TPSA) is 81.4 Å². The Morgan fingerprint density at radius 1 is 1.25 bits per heavy atom. The van der Waals surface area contributed by atoms with Crippen LogP contribution in [0.15, 0.2) is 29.2 Å². The van der Waals surface area contributed by atoms with Gasteiger partial charge in [-0.25, -0.2) is 13.1 Å². The molecule has 3 N–H and O–H groups in total. The second-order valence-corrected chi connectivity index (χ2v) is 7.09. The number of aryl methyl sites for hydroxylation is 1. The molecule has 0 spiro atoms. The van der Waals surface area contributed by atoms with Gasteiger partial charge in [0.1, 0.15) is 0 Å². The summed E-state index contributed by atoms with van der Waals surface area (Å²) in [6.07, 6.45) is 1.76. The molecule has 0 aliphatic carbocycles. The van der Waals surface area contributed by atoms with Crippen molar-refractivity contribution in [2.24, 2.45) is 5.73 Å². The number of ether oxygens (including phenoxy) is 1. The summed E-state index contributed by atoms with van der Waals surface area (Å²) in [5, 5.41) is 0. The van der Waals surface area contributed by atoms with Crippen LogP contribution in [0.2, 0.25) is 0 Å². The van der Waals surface area contributed by atoms with Crippen molar-refractivity contribution in [1.29, 1.82) is 0 Å². The summed E-state index contributed by atoms with van der Waals surface area (Å²) in [5.74, 6) is 0. The lowest BCUT2D eigenvalue weighted by molar-refractivity contribution is 0.0276. The van der Waals surface area contributed by atoms with Crippen molar-refractivity contribution in [3.05, 3.63) is 29.8 Å². The molecule has 5 nitrogen and oxygen atoms in total. The van der Waals surface area contributed by atoms with Gasteiger partial charge in [-0.05, 0) is 50.9 Å². The summed E-state index contributed by atoms with van der Waals surface area (Å²) in [6.45, 7) is 4.51. The fraction of sp³-hybridized carbons (Fsp3) is 0.571. The molecular formula is C14H24N2O3S. The fourth-order valence-corrected chi connectivity index (χ4v) is 2.76. The molecule has 1 aromatic rings. The van der Waals surface area contributed by atoms with E-state index in [0.29, 0.717) is 6.54 Å². The van der Waals surface area contributed by atoms with E-state index in [1.165, 1.54) is 0 Å². The monoisotopic (exact) mass is 300 g/mol. The van der Waals surface area contributed by atoms with Crippen molar-refractivity contribution in [2.75, 3.05) is 20.2 Å². The van der Waals surface area contributed by atoms with E-state index in [0.717, 1.165) is 18.4 Å². The molecule has 0 aromatic heterocycles. The summed E-state index contributed by atoms with van der Waals surface area (Å²) in [6, 6.07) is 6.89. The molecule has 0 unspecified atom stereocenters. The smallest absolute Gasteiger partial charge is 0.240 e. The van der Waals surface area contributed by atoms with E-state index in [2.05, 4.69) is 4.72 Å². The Bertz CT molecular complexity index is 510. The van der Waals surface area contributed by atoms with Crippen LogP contribution in [0.25, 0.3) is 0 Å². The van der Waals surface area contributed by atoms with Gasteiger partial charge >= 0.3 is 0 Å². The van der Waals surface area contributed by atoms with E-state index < -0.39 is 15.6 Å². The summed E-state index contributed by atoms with van der Waals surface area (Å²) >= 11 is 0. The van der Waals surface area contributed by atoms with E-state index in [4.69, 9.17) is 10.5 Å². The summed E-state index contributed by atoms with van der Waals surface area (Å²) < 4.78 is 32.0. The third-order valence-corrected chi connectivity index (χ3v) is 4.56. The zero-order valence-electron chi connectivity index (χ0n) is 12.3. The van der Waals surface area contributed by atoms with Crippen molar-refractivity contribution < 1.29 is 13.2 Å². The first-order valence-electron chi connectivity index (χ1n) is 6.64. The van der Waals surface area contributed by atoms with Crippen molar-refractivity contribution in [1.82, 2.24) is 4.72 Å². The molecule has 20 heavy (non-hydrogen) atoms. The molecule has 0 atom stereocenters. The number of nitrogens with one attached hydrogen (secondary N) is 1. The highest BCUT2D eigenvalue weighted by atomic mass is 32.2. The van der Waals surface area contributed by atoms with Crippen LogP contribution in [0.1, 0.15) is 25.8 Å². The first kappa shape index (κ1) is 17.1. The number of hydrogen-bond acceptors (Lipinski definition) is 4. The Morgan fingerprint density at radius 2 is 1.85 bits per heavy atom. The van der Waals surface area contributed by atoms with Gasteiger partial charge in [0.05, 0.1) is 10.5 Å². The maximum absolute atomic E-state index is 12.1.